The summed E-state index contributed by atoms with van der Waals surface area (Å²) in [6, 6.07) is 9.24. The highest BCUT2D eigenvalue weighted by atomic mass is 16.5. The van der Waals surface area contributed by atoms with Crippen LogP contribution in [0.5, 0.6) is 0 Å². The Morgan fingerprint density at radius 2 is 1.90 bits per heavy atom. The van der Waals surface area contributed by atoms with Crippen molar-refractivity contribution in [2.24, 2.45) is 5.92 Å². The monoisotopic (exact) mass is 402 g/mol. The van der Waals surface area contributed by atoms with Crippen molar-refractivity contribution in [3.63, 3.8) is 0 Å². The fraction of sp³-hybridized carbons (Fsp3) is 0.545. The predicted octanol–water partition coefficient (Wildman–Crippen LogP) is 1.48. The van der Waals surface area contributed by atoms with Gasteiger partial charge >= 0.3 is 0 Å². The van der Waals surface area contributed by atoms with E-state index in [1.54, 1.807) is 6.08 Å². The summed E-state index contributed by atoms with van der Waals surface area (Å²) < 4.78 is 11.1. The van der Waals surface area contributed by atoms with Crippen LogP contribution in [-0.2, 0) is 19.1 Å². The van der Waals surface area contributed by atoms with Gasteiger partial charge in [-0.1, -0.05) is 42.5 Å². The molecule has 2 amide bonds. The minimum atomic E-state index is -0.576. The van der Waals surface area contributed by atoms with Gasteiger partial charge in [-0.15, -0.1) is 0 Å². The highest BCUT2D eigenvalue weighted by Crippen LogP contribution is 2.19. The molecular weight excluding hydrogens is 372 g/mol. The van der Waals surface area contributed by atoms with Gasteiger partial charge in [-0.05, 0) is 25.3 Å². The summed E-state index contributed by atoms with van der Waals surface area (Å²) in [6.45, 7) is 2.89. The first kappa shape index (κ1) is 21.5. The molecule has 1 aromatic rings. The van der Waals surface area contributed by atoms with Gasteiger partial charge in [0.2, 0.25) is 11.8 Å². The van der Waals surface area contributed by atoms with Crippen LogP contribution in [0.4, 0.5) is 0 Å². The lowest BCUT2D eigenvalue weighted by atomic mass is 9.97. The maximum Gasteiger partial charge on any atom is 0.223 e. The number of aliphatic hydroxyl groups is 1. The van der Waals surface area contributed by atoms with Gasteiger partial charge in [0.05, 0.1) is 31.2 Å². The van der Waals surface area contributed by atoms with Crippen molar-refractivity contribution < 1.29 is 24.2 Å². The zero-order chi connectivity index (χ0) is 20.6. The van der Waals surface area contributed by atoms with E-state index < -0.39 is 18.2 Å². The molecular formula is C22H30N2O5. The zero-order valence-corrected chi connectivity index (χ0v) is 16.8. The molecule has 2 heterocycles. The Bertz CT molecular complexity index is 702. The third kappa shape index (κ3) is 6.13. The van der Waals surface area contributed by atoms with E-state index in [2.05, 4.69) is 10.6 Å². The molecule has 1 saturated heterocycles. The van der Waals surface area contributed by atoms with E-state index in [4.69, 9.17) is 9.47 Å². The minimum absolute atomic E-state index is 0.0436. The standard InChI is InChI=1S/C22H30N2O5/c1-15(16-5-3-2-4-6-16)23-21(26)13-18-7-8-19(20(14-25)29-18)24-22(27)17-9-11-28-12-10-17/h2-8,15,17-20,25H,9-14H2,1H3,(H,23,26)(H,24,27)/t15-,18-,19+,20-/m1/s1. The Balaban J connectivity index is 1.51. The number of benzene rings is 1. The second-order valence-electron chi connectivity index (χ2n) is 7.61. The molecule has 0 unspecified atom stereocenters. The summed E-state index contributed by atoms with van der Waals surface area (Å²) in [7, 11) is 0. The van der Waals surface area contributed by atoms with Crippen LogP contribution in [-0.4, -0.2) is 55.0 Å². The summed E-state index contributed by atoms with van der Waals surface area (Å²) in [4.78, 5) is 24.8. The molecule has 158 valence electrons. The first-order valence-corrected chi connectivity index (χ1v) is 10.2. The Labute approximate surface area is 171 Å². The van der Waals surface area contributed by atoms with E-state index in [1.165, 1.54) is 0 Å². The molecule has 7 nitrogen and oxygen atoms in total. The zero-order valence-electron chi connectivity index (χ0n) is 16.8. The Hall–Kier alpha value is -2.22. The van der Waals surface area contributed by atoms with Gasteiger partial charge in [-0.2, -0.15) is 0 Å². The maximum absolute atomic E-state index is 12.4. The molecule has 3 rings (SSSR count). The Morgan fingerprint density at radius 3 is 2.59 bits per heavy atom. The molecule has 0 saturated carbocycles. The number of hydrogen-bond donors (Lipinski definition) is 3. The van der Waals surface area contributed by atoms with Gasteiger partial charge in [-0.3, -0.25) is 9.59 Å². The van der Waals surface area contributed by atoms with Crippen LogP contribution in [0.25, 0.3) is 0 Å². The third-order valence-corrected chi connectivity index (χ3v) is 5.43. The highest BCUT2D eigenvalue weighted by molar-refractivity contribution is 5.79. The Morgan fingerprint density at radius 1 is 1.17 bits per heavy atom. The van der Waals surface area contributed by atoms with E-state index in [-0.39, 0.29) is 36.8 Å². The number of nitrogens with one attached hydrogen (secondary N) is 2. The minimum Gasteiger partial charge on any atom is -0.394 e. The highest BCUT2D eigenvalue weighted by Gasteiger charge is 2.31. The number of carbonyl (C=O) groups is 2. The van der Waals surface area contributed by atoms with Gasteiger partial charge in [0.1, 0.15) is 6.10 Å². The molecule has 0 bridgehead atoms. The quantitative estimate of drug-likeness (QED) is 0.601. The van der Waals surface area contributed by atoms with Gasteiger partial charge in [-0.25, -0.2) is 0 Å². The van der Waals surface area contributed by atoms with Crippen LogP contribution in [0, 0.1) is 5.92 Å². The van der Waals surface area contributed by atoms with E-state index in [9.17, 15) is 14.7 Å². The molecule has 4 atom stereocenters. The second-order valence-corrected chi connectivity index (χ2v) is 7.61. The first-order valence-electron chi connectivity index (χ1n) is 10.2. The molecule has 2 aliphatic heterocycles. The van der Waals surface area contributed by atoms with E-state index >= 15 is 0 Å². The maximum atomic E-state index is 12.4. The third-order valence-electron chi connectivity index (χ3n) is 5.43. The summed E-state index contributed by atoms with van der Waals surface area (Å²) in [5.41, 5.74) is 1.03. The molecule has 0 radical (unpaired) electrons. The predicted molar refractivity (Wildman–Crippen MR) is 108 cm³/mol. The lowest BCUT2D eigenvalue weighted by Gasteiger charge is -2.33. The van der Waals surface area contributed by atoms with Crippen LogP contribution in [0.3, 0.4) is 0 Å². The summed E-state index contributed by atoms with van der Waals surface area (Å²) in [5.74, 6) is -0.241. The fourth-order valence-corrected chi connectivity index (χ4v) is 3.69. The fourth-order valence-electron chi connectivity index (χ4n) is 3.69. The number of ether oxygens (including phenoxy) is 2. The summed E-state index contributed by atoms with van der Waals surface area (Å²) in [6.07, 6.45) is 4.16. The topological polar surface area (TPSA) is 96.9 Å². The molecule has 1 aromatic carbocycles. The summed E-state index contributed by atoms with van der Waals surface area (Å²) >= 11 is 0. The largest absolute Gasteiger partial charge is 0.394 e. The molecule has 29 heavy (non-hydrogen) atoms. The van der Waals surface area contributed by atoms with E-state index in [1.807, 2.05) is 43.3 Å². The smallest absolute Gasteiger partial charge is 0.223 e. The van der Waals surface area contributed by atoms with E-state index in [0.29, 0.717) is 26.1 Å². The van der Waals surface area contributed by atoms with Crippen molar-refractivity contribution >= 4 is 11.8 Å². The van der Waals surface area contributed by atoms with Crippen LogP contribution in [0.1, 0.15) is 37.8 Å². The van der Waals surface area contributed by atoms with Crippen molar-refractivity contribution in [2.45, 2.75) is 50.5 Å². The lowest BCUT2D eigenvalue weighted by molar-refractivity contribution is -0.132. The second kappa shape index (κ2) is 10.5. The summed E-state index contributed by atoms with van der Waals surface area (Å²) in [5, 5.41) is 15.6. The lowest BCUT2D eigenvalue weighted by Crippen LogP contribution is -2.51. The SMILES string of the molecule is C[C@@H](NC(=O)C[C@H]1C=C[C@H](NC(=O)C2CCOCC2)[C@@H](CO)O1)c1ccccc1. The average Bonchev–Trinajstić information content (AvgIpc) is 2.75. The molecule has 3 N–H and O–H groups in total. The van der Waals surface area contributed by atoms with Crippen LogP contribution in [0.2, 0.25) is 0 Å². The van der Waals surface area contributed by atoms with Crippen molar-refractivity contribution in [1.29, 1.82) is 0 Å². The van der Waals surface area contributed by atoms with Crippen LogP contribution < -0.4 is 10.6 Å². The van der Waals surface area contributed by atoms with Crippen molar-refractivity contribution in [1.82, 2.24) is 10.6 Å². The molecule has 0 aromatic heterocycles. The molecule has 2 aliphatic rings. The molecule has 1 fully saturated rings. The number of carbonyl (C=O) groups excluding carboxylic acids is 2. The van der Waals surface area contributed by atoms with Gasteiger partial charge in [0.25, 0.3) is 0 Å². The van der Waals surface area contributed by atoms with Crippen molar-refractivity contribution in [3.8, 4) is 0 Å². The molecule has 0 aliphatic carbocycles. The van der Waals surface area contributed by atoms with Gasteiger partial charge in [0.15, 0.2) is 0 Å². The van der Waals surface area contributed by atoms with E-state index in [0.717, 1.165) is 5.56 Å². The average molecular weight is 402 g/mol. The first-order chi connectivity index (χ1) is 14.1. The number of aliphatic hydroxyl groups excluding tert-OH is 1. The molecule has 7 heteroatoms. The van der Waals surface area contributed by atoms with Crippen molar-refractivity contribution in [2.75, 3.05) is 19.8 Å². The number of hydrogen-bond acceptors (Lipinski definition) is 5. The van der Waals surface area contributed by atoms with Gasteiger partial charge in [0, 0.05) is 19.1 Å². The van der Waals surface area contributed by atoms with Crippen LogP contribution >= 0.6 is 0 Å². The van der Waals surface area contributed by atoms with Crippen LogP contribution in [0.15, 0.2) is 42.5 Å². The number of amides is 2. The van der Waals surface area contributed by atoms with Crippen molar-refractivity contribution in [3.05, 3.63) is 48.0 Å². The number of rotatable bonds is 7. The Kier molecular flexibility index (Phi) is 7.80. The normalized spacial score (nSPS) is 25.9. The van der Waals surface area contributed by atoms with Gasteiger partial charge < -0.3 is 25.2 Å². The molecule has 0 spiro atoms.